The van der Waals surface area contributed by atoms with Crippen molar-refractivity contribution in [2.45, 2.75) is 20.8 Å². The van der Waals surface area contributed by atoms with Crippen molar-refractivity contribution in [3.63, 3.8) is 0 Å². The number of nitrogens with zero attached hydrogens (tertiary/aromatic N) is 3. The van der Waals surface area contributed by atoms with E-state index in [1.807, 2.05) is 51.1 Å². The molecule has 0 bridgehead atoms. The third kappa shape index (κ3) is 4.50. The largest absolute Gasteiger partial charge is 0.497 e. The van der Waals surface area contributed by atoms with Crippen LogP contribution in [0.15, 0.2) is 36.4 Å². The Morgan fingerprint density at radius 1 is 1.13 bits per heavy atom. The second kappa shape index (κ2) is 8.56. The number of nitrogens with one attached hydrogen (secondary N) is 1. The highest BCUT2D eigenvalue weighted by molar-refractivity contribution is 7.20. The first-order valence-corrected chi connectivity index (χ1v) is 10.7. The van der Waals surface area contributed by atoms with Gasteiger partial charge in [0.15, 0.2) is 6.61 Å². The van der Waals surface area contributed by atoms with Crippen LogP contribution in [-0.2, 0) is 4.79 Å². The molecule has 7 nitrogen and oxygen atoms in total. The van der Waals surface area contributed by atoms with E-state index in [-0.39, 0.29) is 12.5 Å². The molecule has 4 rings (SSSR count). The second-order valence-electron chi connectivity index (χ2n) is 7.12. The van der Waals surface area contributed by atoms with Gasteiger partial charge in [-0.05, 0) is 62.2 Å². The van der Waals surface area contributed by atoms with Crippen molar-refractivity contribution in [2.24, 2.45) is 0 Å². The summed E-state index contributed by atoms with van der Waals surface area (Å²) in [4.78, 5) is 17.2. The Labute approximate surface area is 188 Å². The Morgan fingerprint density at radius 3 is 2.58 bits per heavy atom. The van der Waals surface area contributed by atoms with Gasteiger partial charge in [-0.15, -0.1) is 0 Å². The average molecular weight is 457 g/mol. The minimum Gasteiger partial charge on any atom is -0.497 e. The van der Waals surface area contributed by atoms with Gasteiger partial charge in [0.25, 0.3) is 5.91 Å². The van der Waals surface area contributed by atoms with E-state index < -0.39 is 0 Å². The molecule has 2 heterocycles. The predicted octanol–water partition coefficient (Wildman–Crippen LogP) is 5.09. The Bertz CT molecular complexity index is 1260. The van der Waals surface area contributed by atoms with E-state index in [9.17, 15) is 4.79 Å². The fraction of sp³-hybridized carbons (Fsp3) is 0.227. The number of fused-ring (bicyclic) bond motifs is 1. The second-order valence-corrected chi connectivity index (χ2v) is 8.51. The third-order valence-corrected chi connectivity index (χ3v) is 6.23. The van der Waals surface area contributed by atoms with Crippen molar-refractivity contribution in [2.75, 3.05) is 19.0 Å². The molecule has 0 aliphatic heterocycles. The van der Waals surface area contributed by atoms with Crippen LogP contribution in [0.1, 0.15) is 16.8 Å². The number of aryl methyl sites for hydroxylation is 3. The summed E-state index contributed by atoms with van der Waals surface area (Å²) in [5, 5.41) is 8.69. The van der Waals surface area contributed by atoms with Gasteiger partial charge in [-0.2, -0.15) is 9.78 Å². The molecule has 0 saturated heterocycles. The molecule has 1 amide bonds. The molecule has 0 radical (unpaired) electrons. The molecule has 4 aromatic rings. The highest BCUT2D eigenvalue weighted by Gasteiger charge is 2.15. The van der Waals surface area contributed by atoms with Gasteiger partial charge in [-0.25, -0.2) is 4.98 Å². The maximum atomic E-state index is 12.5. The predicted molar refractivity (Wildman–Crippen MR) is 123 cm³/mol. The van der Waals surface area contributed by atoms with Gasteiger partial charge < -0.3 is 14.8 Å². The number of ether oxygens (including phenoxy) is 2. The number of hydrogen-bond acceptors (Lipinski definition) is 6. The normalized spacial score (nSPS) is 11.0. The molecule has 160 valence electrons. The van der Waals surface area contributed by atoms with Gasteiger partial charge in [0.05, 0.1) is 23.0 Å². The third-order valence-electron chi connectivity index (χ3n) is 4.64. The number of anilines is 1. The van der Waals surface area contributed by atoms with Gasteiger partial charge in [-0.3, -0.25) is 4.79 Å². The van der Waals surface area contributed by atoms with Crippen LogP contribution in [0.2, 0.25) is 5.02 Å². The van der Waals surface area contributed by atoms with Crippen molar-refractivity contribution in [3.05, 3.63) is 58.2 Å². The van der Waals surface area contributed by atoms with Crippen molar-refractivity contribution < 1.29 is 14.3 Å². The molecule has 0 fully saturated rings. The minimum atomic E-state index is -0.297. The summed E-state index contributed by atoms with van der Waals surface area (Å²) >= 11 is 7.65. The maximum Gasteiger partial charge on any atom is 0.263 e. The molecular formula is C22H21ClN4O3S. The lowest BCUT2D eigenvalue weighted by molar-refractivity contribution is -0.118. The van der Waals surface area contributed by atoms with E-state index >= 15 is 0 Å². The summed E-state index contributed by atoms with van der Waals surface area (Å²) in [6, 6.07) is 11.1. The number of hydrogen-bond donors (Lipinski definition) is 1. The van der Waals surface area contributed by atoms with E-state index in [0.29, 0.717) is 21.7 Å². The SMILES string of the molecule is COc1ccc2nc(-n3nc(C)cc3NC(=O)COc3cc(C)c(Cl)c(C)c3)sc2c1. The Hall–Kier alpha value is -3.10. The fourth-order valence-corrected chi connectivity index (χ4v) is 4.23. The molecule has 1 N–H and O–H groups in total. The first-order chi connectivity index (χ1) is 14.8. The van der Waals surface area contributed by atoms with Crippen LogP contribution in [-0.4, -0.2) is 34.4 Å². The summed E-state index contributed by atoms with van der Waals surface area (Å²) < 4.78 is 13.5. The molecule has 0 atom stereocenters. The highest BCUT2D eigenvalue weighted by atomic mass is 35.5. The van der Waals surface area contributed by atoms with E-state index in [1.165, 1.54) is 11.3 Å². The molecule has 0 aliphatic rings. The van der Waals surface area contributed by atoms with Crippen LogP contribution < -0.4 is 14.8 Å². The fourth-order valence-electron chi connectivity index (χ4n) is 3.16. The van der Waals surface area contributed by atoms with Crippen LogP contribution in [0.25, 0.3) is 15.3 Å². The topological polar surface area (TPSA) is 78.3 Å². The van der Waals surface area contributed by atoms with Crippen LogP contribution in [0.5, 0.6) is 11.5 Å². The zero-order valence-electron chi connectivity index (χ0n) is 17.5. The van der Waals surface area contributed by atoms with E-state index in [1.54, 1.807) is 17.9 Å². The molecule has 0 spiro atoms. The van der Waals surface area contributed by atoms with E-state index in [4.69, 9.17) is 21.1 Å². The van der Waals surface area contributed by atoms with E-state index in [0.717, 1.165) is 32.8 Å². The lowest BCUT2D eigenvalue weighted by Crippen LogP contribution is -2.22. The van der Waals surface area contributed by atoms with Crippen LogP contribution in [0.4, 0.5) is 5.82 Å². The Balaban J connectivity index is 1.51. The number of benzene rings is 2. The highest BCUT2D eigenvalue weighted by Crippen LogP contribution is 2.30. The molecule has 9 heteroatoms. The summed E-state index contributed by atoms with van der Waals surface area (Å²) in [5.41, 5.74) is 3.40. The number of carbonyl (C=O) groups is 1. The van der Waals surface area contributed by atoms with E-state index in [2.05, 4.69) is 15.4 Å². The Kier molecular flexibility index (Phi) is 5.84. The number of thiazole rings is 1. The molecule has 2 aromatic heterocycles. The molecule has 0 saturated carbocycles. The van der Waals surface area contributed by atoms with Gasteiger partial charge in [0, 0.05) is 11.1 Å². The molecule has 2 aromatic carbocycles. The van der Waals surface area contributed by atoms with Crippen molar-refractivity contribution in [1.29, 1.82) is 0 Å². The molecule has 31 heavy (non-hydrogen) atoms. The lowest BCUT2D eigenvalue weighted by atomic mass is 10.1. The standard InChI is InChI=1S/C22H21ClN4O3S/c1-12-7-16(8-13(2)21(12)23)30-11-20(28)25-19-9-14(3)26-27(19)22-24-17-6-5-15(29-4)10-18(17)31-22/h5-10H,11H2,1-4H3,(H,25,28). The van der Waals surface area contributed by atoms with Gasteiger partial charge >= 0.3 is 0 Å². The quantitative estimate of drug-likeness (QED) is 0.437. The summed E-state index contributed by atoms with van der Waals surface area (Å²) in [6.45, 7) is 5.52. The summed E-state index contributed by atoms with van der Waals surface area (Å²) in [7, 11) is 1.63. The van der Waals surface area contributed by atoms with Crippen LogP contribution in [0, 0.1) is 20.8 Å². The van der Waals surface area contributed by atoms with Crippen molar-refractivity contribution in [1.82, 2.24) is 14.8 Å². The smallest absolute Gasteiger partial charge is 0.263 e. The number of amides is 1. The zero-order valence-corrected chi connectivity index (χ0v) is 19.1. The number of carbonyl (C=O) groups excluding carboxylic acids is 1. The van der Waals surface area contributed by atoms with Gasteiger partial charge in [0.2, 0.25) is 5.13 Å². The number of rotatable bonds is 6. The van der Waals surface area contributed by atoms with Gasteiger partial charge in [-0.1, -0.05) is 22.9 Å². The van der Waals surface area contributed by atoms with Gasteiger partial charge in [0.1, 0.15) is 17.3 Å². The average Bonchev–Trinajstić information content (AvgIpc) is 3.32. The monoisotopic (exact) mass is 456 g/mol. The van der Waals surface area contributed by atoms with Crippen molar-refractivity contribution >= 4 is 44.9 Å². The molecular weight excluding hydrogens is 436 g/mol. The van der Waals surface area contributed by atoms with Crippen molar-refractivity contribution in [3.8, 4) is 16.6 Å². The minimum absolute atomic E-state index is 0.137. The molecule has 0 unspecified atom stereocenters. The first kappa shape index (κ1) is 21.1. The number of halogens is 1. The number of aromatic nitrogens is 3. The first-order valence-electron chi connectivity index (χ1n) is 9.55. The number of methoxy groups -OCH3 is 1. The van der Waals surface area contributed by atoms with Crippen LogP contribution >= 0.6 is 22.9 Å². The summed E-state index contributed by atoms with van der Waals surface area (Å²) in [6.07, 6.45) is 0. The lowest BCUT2D eigenvalue weighted by Gasteiger charge is -2.10. The molecule has 0 aliphatic carbocycles. The Morgan fingerprint density at radius 2 is 1.87 bits per heavy atom. The van der Waals surface area contributed by atoms with Crippen LogP contribution in [0.3, 0.4) is 0 Å². The maximum absolute atomic E-state index is 12.5. The zero-order chi connectivity index (χ0) is 22.1. The summed E-state index contributed by atoms with van der Waals surface area (Å²) in [5.74, 6) is 1.59.